The maximum atomic E-state index is 12.9. The molecule has 9 nitrogen and oxygen atoms in total. The number of hydrogen-bond acceptors (Lipinski definition) is 7. The molecule has 2 N–H and O–H groups in total. The number of benzene rings is 3. The van der Waals surface area contributed by atoms with Crippen molar-refractivity contribution in [1.29, 1.82) is 0 Å². The topological polar surface area (TPSA) is 114 Å². The van der Waals surface area contributed by atoms with E-state index in [0.717, 1.165) is 33.4 Å². The predicted octanol–water partition coefficient (Wildman–Crippen LogP) is 5.31. The fourth-order valence-corrected chi connectivity index (χ4v) is 4.89. The van der Waals surface area contributed by atoms with Gasteiger partial charge in [-0.2, -0.15) is 0 Å². The second kappa shape index (κ2) is 12.5. The van der Waals surface area contributed by atoms with Crippen LogP contribution in [0, 0.1) is 20.8 Å². The van der Waals surface area contributed by atoms with Crippen LogP contribution in [0.2, 0.25) is 0 Å². The summed E-state index contributed by atoms with van der Waals surface area (Å²) in [4.78, 5) is 51.4. The molecule has 4 rings (SSSR count). The van der Waals surface area contributed by atoms with E-state index in [0.29, 0.717) is 28.4 Å². The van der Waals surface area contributed by atoms with Crippen molar-refractivity contribution in [2.45, 2.75) is 20.8 Å². The fourth-order valence-electron chi connectivity index (χ4n) is 4.05. The molecule has 0 bridgehead atoms. The van der Waals surface area contributed by atoms with Crippen LogP contribution in [-0.4, -0.2) is 48.1 Å². The summed E-state index contributed by atoms with van der Waals surface area (Å²) in [6.45, 7) is 5.17. The van der Waals surface area contributed by atoms with Crippen molar-refractivity contribution < 1.29 is 28.7 Å². The van der Waals surface area contributed by atoms with Crippen molar-refractivity contribution in [2.75, 3.05) is 30.9 Å². The molecular formula is C30H29N3O6S. The van der Waals surface area contributed by atoms with Crippen LogP contribution in [0.3, 0.4) is 0 Å². The SMILES string of the molecule is COc1cc(/C=C2/SC(=O)N(CC(=O)Nc3cc(C)cc(C)c3)C2=O)ccc1OCC(=O)Nc1ccc(C)cc1. The van der Waals surface area contributed by atoms with Crippen molar-refractivity contribution in [1.82, 2.24) is 4.90 Å². The van der Waals surface area contributed by atoms with Crippen LogP contribution in [0.25, 0.3) is 6.08 Å². The lowest BCUT2D eigenvalue weighted by molar-refractivity contribution is -0.127. The van der Waals surface area contributed by atoms with Crippen molar-refractivity contribution in [2.24, 2.45) is 0 Å². The minimum Gasteiger partial charge on any atom is -0.493 e. The second-order valence-corrected chi connectivity index (χ2v) is 10.3. The lowest BCUT2D eigenvalue weighted by Gasteiger charge is -2.13. The molecule has 40 heavy (non-hydrogen) atoms. The monoisotopic (exact) mass is 559 g/mol. The molecule has 0 radical (unpaired) electrons. The number of anilines is 2. The average molecular weight is 560 g/mol. The number of aryl methyl sites for hydroxylation is 3. The van der Waals surface area contributed by atoms with E-state index >= 15 is 0 Å². The minimum absolute atomic E-state index is 0.178. The summed E-state index contributed by atoms with van der Waals surface area (Å²) >= 11 is 0.757. The molecule has 0 atom stereocenters. The molecule has 0 spiro atoms. The van der Waals surface area contributed by atoms with Gasteiger partial charge in [0.1, 0.15) is 6.54 Å². The molecule has 3 aromatic rings. The highest BCUT2D eigenvalue weighted by atomic mass is 32.2. The van der Waals surface area contributed by atoms with Gasteiger partial charge >= 0.3 is 0 Å². The Morgan fingerprint density at radius 2 is 1.50 bits per heavy atom. The zero-order valence-electron chi connectivity index (χ0n) is 22.6. The van der Waals surface area contributed by atoms with Gasteiger partial charge in [0.05, 0.1) is 12.0 Å². The molecule has 0 saturated carbocycles. The second-order valence-electron chi connectivity index (χ2n) is 9.31. The summed E-state index contributed by atoms with van der Waals surface area (Å²) in [5.41, 5.74) is 4.91. The van der Waals surface area contributed by atoms with Crippen molar-refractivity contribution >= 4 is 52.2 Å². The Balaban J connectivity index is 1.38. The first kappa shape index (κ1) is 28.4. The van der Waals surface area contributed by atoms with Crippen LogP contribution in [0.15, 0.2) is 65.6 Å². The number of carbonyl (C=O) groups excluding carboxylic acids is 4. The molecule has 1 aliphatic heterocycles. The zero-order chi connectivity index (χ0) is 28.8. The number of ether oxygens (including phenoxy) is 2. The standard InChI is InChI=1S/C30H29N3O6S/c1-18-5-8-22(9-6-18)31-28(35)17-39-24-10-7-21(14-25(24)38-4)15-26-29(36)33(30(37)40-26)16-27(34)32-23-12-19(2)11-20(3)13-23/h5-15H,16-17H2,1-4H3,(H,31,35)(H,32,34)/b26-15+. The van der Waals surface area contributed by atoms with Crippen LogP contribution < -0.4 is 20.1 Å². The smallest absolute Gasteiger partial charge is 0.294 e. The van der Waals surface area contributed by atoms with Gasteiger partial charge < -0.3 is 20.1 Å². The average Bonchev–Trinajstić information content (AvgIpc) is 3.15. The van der Waals surface area contributed by atoms with Gasteiger partial charge in [-0.25, -0.2) is 0 Å². The Morgan fingerprint density at radius 1 is 0.825 bits per heavy atom. The molecule has 1 saturated heterocycles. The lowest BCUT2D eigenvalue weighted by Crippen LogP contribution is -2.36. The fraction of sp³-hybridized carbons (Fsp3) is 0.200. The molecule has 0 aliphatic carbocycles. The highest BCUT2D eigenvalue weighted by Crippen LogP contribution is 2.34. The molecule has 10 heteroatoms. The molecule has 4 amide bonds. The van der Waals surface area contributed by atoms with Gasteiger partial charge in [0.15, 0.2) is 18.1 Å². The van der Waals surface area contributed by atoms with Gasteiger partial charge in [0.25, 0.3) is 17.1 Å². The van der Waals surface area contributed by atoms with E-state index in [1.165, 1.54) is 7.11 Å². The van der Waals surface area contributed by atoms with Crippen molar-refractivity contribution in [3.05, 3.63) is 87.8 Å². The van der Waals surface area contributed by atoms with Gasteiger partial charge in [0.2, 0.25) is 5.91 Å². The quantitative estimate of drug-likeness (QED) is 0.342. The normalized spacial score (nSPS) is 13.9. The third-order valence-electron chi connectivity index (χ3n) is 5.86. The maximum absolute atomic E-state index is 12.9. The molecule has 206 valence electrons. The minimum atomic E-state index is -0.558. The van der Waals surface area contributed by atoms with Crippen molar-refractivity contribution in [3.63, 3.8) is 0 Å². The third-order valence-corrected chi connectivity index (χ3v) is 6.77. The molecule has 1 aliphatic rings. The van der Waals surface area contributed by atoms with Gasteiger partial charge in [-0.3, -0.25) is 24.1 Å². The molecule has 1 fully saturated rings. The number of nitrogens with one attached hydrogen (secondary N) is 2. The lowest BCUT2D eigenvalue weighted by atomic mass is 10.1. The van der Waals surface area contributed by atoms with Gasteiger partial charge in [0, 0.05) is 11.4 Å². The van der Waals surface area contributed by atoms with Gasteiger partial charge in [-0.15, -0.1) is 0 Å². The largest absolute Gasteiger partial charge is 0.493 e. The Labute approximate surface area is 236 Å². The first-order valence-corrected chi connectivity index (χ1v) is 13.2. The summed E-state index contributed by atoms with van der Waals surface area (Å²) in [6.07, 6.45) is 1.54. The number of carbonyl (C=O) groups is 4. The molecule has 0 aromatic heterocycles. The first-order chi connectivity index (χ1) is 19.1. The predicted molar refractivity (Wildman–Crippen MR) is 156 cm³/mol. The van der Waals surface area contributed by atoms with Crippen LogP contribution in [0.5, 0.6) is 11.5 Å². The van der Waals surface area contributed by atoms with E-state index in [9.17, 15) is 19.2 Å². The summed E-state index contributed by atoms with van der Waals surface area (Å²) in [5, 5.41) is 4.97. The third kappa shape index (κ3) is 7.29. The summed E-state index contributed by atoms with van der Waals surface area (Å²) in [5.74, 6) is -0.662. The zero-order valence-corrected chi connectivity index (χ0v) is 23.4. The molecule has 0 unspecified atom stereocenters. The number of imide groups is 1. The van der Waals surface area contributed by atoms with Crippen molar-refractivity contribution in [3.8, 4) is 11.5 Å². The Morgan fingerprint density at radius 3 is 2.17 bits per heavy atom. The van der Waals surface area contributed by atoms with E-state index in [1.54, 1.807) is 24.3 Å². The number of thioether (sulfide) groups is 1. The summed E-state index contributed by atoms with van der Waals surface area (Å²) in [6, 6.07) is 17.9. The van der Waals surface area contributed by atoms with Gasteiger partial charge in [-0.05, 0) is 91.7 Å². The van der Waals surface area contributed by atoms with E-state index in [1.807, 2.05) is 63.2 Å². The number of hydrogen-bond donors (Lipinski definition) is 2. The van der Waals surface area contributed by atoms with E-state index < -0.39 is 23.6 Å². The Kier molecular flexibility index (Phi) is 8.90. The molecule has 1 heterocycles. The Bertz CT molecular complexity index is 1480. The highest BCUT2D eigenvalue weighted by Gasteiger charge is 2.36. The van der Waals surface area contributed by atoms with Gasteiger partial charge in [-0.1, -0.05) is 29.8 Å². The van der Waals surface area contributed by atoms with Crippen LogP contribution >= 0.6 is 11.8 Å². The van der Waals surface area contributed by atoms with Crippen LogP contribution in [0.1, 0.15) is 22.3 Å². The Hall–Kier alpha value is -4.57. The molecule has 3 aromatic carbocycles. The summed E-state index contributed by atoms with van der Waals surface area (Å²) < 4.78 is 11.0. The van der Waals surface area contributed by atoms with E-state index in [2.05, 4.69) is 10.6 Å². The van der Waals surface area contributed by atoms with E-state index in [-0.39, 0.29) is 17.4 Å². The molecular weight excluding hydrogens is 530 g/mol. The van der Waals surface area contributed by atoms with E-state index in [4.69, 9.17) is 9.47 Å². The number of nitrogens with zero attached hydrogens (tertiary/aromatic N) is 1. The number of rotatable bonds is 9. The first-order valence-electron chi connectivity index (χ1n) is 12.4. The highest BCUT2D eigenvalue weighted by molar-refractivity contribution is 8.18. The summed E-state index contributed by atoms with van der Waals surface area (Å²) in [7, 11) is 1.46. The number of amides is 4. The number of methoxy groups -OCH3 is 1. The van der Waals surface area contributed by atoms with Crippen LogP contribution in [-0.2, 0) is 14.4 Å². The van der Waals surface area contributed by atoms with Crippen LogP contribution in [0.4, 0.5) is 16.2 Å². The maximum Gasteiger partial charge on any atom is 0.294 e.